The summed E-state index contributed by atoms with van der Waals surface area (Å²) in [7, 11) is 4.04. The molecule has 0 spiro atoms. The zero-order valence-corrected chi connectivity index (χ0v) is 14.8. The molecule has 0 amide bonds. The van der Waals surface area contributed by atoms with Crippen molar-refractivity contribution in [3.8, 4) is 11.5 Å². The third kappa shape index (κ3) is 2.75. The molecule has 1 heterocycles. The van der Waals surface area contributed by atoms with Crippen molar-refractivity contribution in [3.63, 3.8) is 0 Å². The molecule has 0 aliphatic carbocycles. The molecule has 3 rings (SSSR count). The lowest BCUT2D eigenvalue weighted by atomic mass is 10.0. The minimum Gasteiger partial charge on any atom is -0.436 e. The molecule has 0 unspecified atom stereocenters. The third-order valence-corrected chi connectivity index (χ3v) is 4.39. The molecule has 22 heavy (non-hydrogen) atoms. The van der Waals surface area contributed by atoms with Gasteiger partial charge in [0.2, 0.25) is 5.89 Å². The molecule has 0 saturated heterocycles. The number of oxazole rings is 1. The fourth-order valence-corrected chi connectivity index (χ4v) is 3.16. The molecular weight excluding hydrogens is 340 g/mol. The monoisotopic (exact) mass is 358 g/mol. The number of hydrogen-bond acceptors (Lipinski definition) is 3. The zero-order valence-electron chi connectivity index (χ0n) is 13.2. The van der Waals surface area contributed by atoms with Crippen molar-refractivity contribution in [2.75, 3.05) is 19.0 Å². The topological polar surface area (TPSA) is 29.3 Å². The van der Waals surface area contributed by atoms with Gasteiger partial charge in [-0.1, -0.05) is 19.9 Å². The van der Waals surface area contributed by atoms with Crippen molar-refractivity contribution in [1.82, 2.24) is 4.98 Å². The Morgan fingerprint density at radius 1 is 1.09 bits per heavy atom. The highest BCUT2D eigenvalue weighted by Gasteiger charge is 2.12. The highest BCUT2D eigenvalue weighted by Crippen LogP contribution is 2.32. The Morgan fingerprint density at radius 3 is 2.50 bits per heavy atom. The quantitative estimate of drug-likeness (QED) is 0.623. The van der Waals surface area contributed by atoms with E-state index in [4.69, 9.17) is 4.42 Å². The van der Waals surface area contributed by atoms with Crippen molar-refractivity contribution in [3.05, 3.63) is 46.4 Å². The van der Waals surface area contributed by atoms with E-state index in [1.165, 1.54) is 5.56 Å². The van der Waals surface area contributed by atoms with Crippen LogP contribution in [0.25, 0.3) is 22.6 Å². The van der Waals surface area contributed by atoms with E-state index in [1.54, 1.807) is 0 Å². The highest BCUT2D eigenvalue weighted by atomic mass is 79.9. The summed E-state index contributed by atoms with van der Waals surface area (Å²) < 4.78 is 6.93. The highest BCUT2D eigenvalue weighted by molar-refractivity contribution is 9.10. The molecule has 0 atom stereocenters. The van der Waals surface area contributed by atoms with Gasteiger partial charge < -0.3 is 9.32 Å². The van der Waals surface area contributed by atoms with Crippen LogP contribution in [0.2, 0.25) is 0 Å². The van der Waals surface area contributed by atoms with Crippen molar-refractivity contribution >= 4 is 32.7 Å². The van der Waals surface area contributed by atoms with E-state index in [0.717, 1.165) is 26.8 Å². The summed E-state index contributed by atoms with van der Waals surface area (Å²) in [5.41, 5.74) is 5.11. The number of fused-ring (bicyclic) bond motifs is 1. The van der Waals surface area contributed by atoms with Crippen LogP contribution in [0.3, 0.4) is 0 Å². The molecule has 2 aromatic carbocycles. The average molecular weight is 359 g/mol. The van der Waals surface area contributed by atoms with Crippen LogP contribution in [0.15, 0.2) is 45.3 Å². The Balaban J connectivity index is 2.05. The number of rotatable bonds is 3. The first-order chi connectivity index (χ1) is 10.5. The number of aromatic nitrogens is 1. The molecule has 4 heteroatoms. The van der Waals surface area contributed by atoms with Gasteiger partial charge >= 0.3 is 0 Å². The van der Waals surface area contributed by atoms with Crippen molar-refractivity contribution < 1.29 is 4.42 Å². The number of benzene rings is 2. The van der Waals surface area contributed by atoms with Crippen LogP contribution in [0.5, 0.6) is 0 Å². The van der Waals surface area contributed by atoms with Gasteiger partial charge in [-0.2, -0.15) is 0 Å². The maximum atomic E-state index is 5.90. The smallest absolute Gasteiger partial charge is 0.227 e. The second-order valence-electron chi connectivity index (χ2n) is 5.96. The van der Waals surface area contributed by atoms with Crippen LogP contribution in [-0.4, -0.2) is 19.1 Å². The Kier molecular flexibility index (Phi) is 3.96. The second-order valence-corrected chi connectivity index (χ2v) is 6.82. The van der Waals surface area contributed by atoms with Gasteiger partial charge in [0.25, 0.3) is 0 Å². The molecule has 0 aliphatic rings. The fraction of sp³-hybridized carbons (Fsp3) is 0.278. The Labute approximate surface area is 139 Å². The largest absolute Gasteiger partial charge is 0.436 e. The van der Waals surface area contributed by atoms with Gasteiger partial charge in [-0.25, -0.2) is 4.98 Å². The normalized spacial score (nSPS) is 11.4. The van der Waals surface area contributed by atoms with Crippen LogP contribution in [0.1, 0.15) is 25.3 Å². The predicted octanol–water partition coefficient (Wildman–Crippen LogP) is 5.45. The summed E-state index contributed by atoms with van der Waals surface area (Å²) in [6.07, 6.45) is 0. The number of anilines is 1. The van der Waals surface area contributed by atoms with Gasteiger partial charge in [0.05, 0.1) is 5.69 Å². The van der Waals surface area contributed by atoms with Crippen LogP contribution >= 0.6 is 15.9 Å². The summed E-state index contributed by atoms with van der Waals surface area (Å²) in [4.78, 5) is 6.70. The molecule has 0 bridgehead atoms. The van der Waals surface area contributed by atoms with Crippen LogP contribution < -0.4 is 4.90 Å². The van der Waals surface area contributed by atoms with Gasteiger partial charge in [-0.15, -0.1) is 0 Å². The first-order valence-corrected chi connectivity index (χ1v) is 8.12. The first kappa shape index (κ1) is 15.1. The number of halogens is 1. The molecule has 0 N–H and O–H groups in total. The molecule has 3 aromatic rings. The predicted molar refractivity (Wildman–Crippen MR) is 95.6 cm³/mol. The van der Waals surface area contributed by atoms with Crippen molar-refractivity contribution in [1.29, 1.82) is 0 Å². The minimum atomic E-state index is 0.484. The zero-order chi connectivity index (χ0) is 15.9. The lowest BCUT2D eigenvalue weighted by Gasteiger charge is -2.14. The van der Waals surface area contributed by atoms with E-state index in [2.05, 4.69) is 57.9 Å². The Hall–Kier alpha value is -1.81. The number of nitrogens with zero attached hydrogens (tertiary/aromatic N) is 2. The van der Waals surface area contributed by atoms with Crippen LogP contribution in [0, 0.1) is 0 Å². The maximum absolute atomic E-state index is 5.90. The molecule has 3 nitrogen and oxygen atoms in total. The van der Waals surface area contributed by atoms with Gasteiger partial charge in [0.1, 0.15) is 5.52 Å². The van der Waals surface area contributed by atoms with E-state index >= 15 is 0 Å². The molecule has 0 saturated carbocycles. The van der Waals surface area contributed by atoms with Gasteiger partial charge in [-0.3, -0.25) is 0 Å². The minimum absolute atomic E-state index is 0.484. The van der Waals surface area contributed by atoms with Crippen molar-refractivity contribution in [2.45, 2.75) is 19.8 Å². The van der Waals surface area contributed by atoms with Gasteiger partial charge in [0, 0.05) is 24.1 Å². The summed E-state index contributed by atoms with van der Waals surface area (Å²) in [6.45, 7) is 4.36. The van der Waals surface area contributed by atoms with E-state index in [9.17, 15) is 0 Å². The van der Waals surface area contributed by atoms with Crippen LogP contribution in [-0.2, 0) is 0 Å². The molecule has 0 radical (unpaired) electrons. The summed E-state index contributed by atoms with van der Waals surface area (Å²) in [6, 6.07) is 12.4. The van der Waals surface area contributed by atoms with E-state index in [-0.39, 0.29) is 0 Å². The van der Waals surface area contributed by atoms with E-state index < -0.39 is 0 Å². The molecular formula is C18H19BrN2O. The fourth-order valence-electron chi connectivity index (χ4n) is 2.43. The van der Waals surface area contributed by atoms with Crippen molar-refractivity contribution in [2.24, 2.45) is 0 Å². The Bertz CT molecular complexity index is 821. The summed E-state index contributed by atoms with van der Waals surface area (Å²) in [5.74, 6) is 1.14. The lowest BCUT2D eigenvalue weighted by Crippen LogP contribution is -2.09. The van der Waals surface area contributed by atoms with Crippen LogP contribution in [0.4, 0.5) is 5.69 Å². The molecule has 0 aliphatic heterocycles. The Morgan fingerprint density at radius 2 is 1.86 bits per heavy atom. The molecule has 114 valence electrons. The lowest BCUT2D eigenvalue weighted by molar-refractivity contribution is 0.619. The second kappa shape index (κ2) is 5.76. The summed E-state index contributed by atoms with van der Waals surface area (Å²) in [5, 5.41) is 0. The average Bonchev–Trinajstić information content (AvgIpc) is 2.89. The maximum Gasteiger partial charge on any atom is 0.227 e. The summed E-state index contributed by atoms with van der Waals surface area (Å²) >= 11 is 3.61. The molecule has 1 aromatic heterocycles. The number of hydrogen-bond donors (Lipinski definition) is 0. The first-order valence-electron chi connectivity index (χ1n) is 7.33. The standard InChI is InChI=1S/C18H19BrN2O/c1-11(2)12-6-8-17-15(10-12)20-18(22-17)13-5-7-16(21(3)4)14(19)9-13/h5-11H,1-4H3. The molecule has 0 fully saturated rings. The van der Waals surface area contributed by atoms with Gasteiger partial charge in [-0.05, 0) is 57.7 Å². The van der Waals surface area contributed by atoms with Gasteiger partial charge in [0.15, 0.2) is 5.58 Å². The third-order valence-electron chi connectivity index (χ3n) is 3.75. The van der Waals surface area contributed by atoms with E-state index in [0.29, 0.717) is 11.8 Å². The SMILES string of the molecule is CC(C)c1ccc2oc(-c3ccc(N(C)C)c(Br)c3)nc2c1. The van der Waals surface area contributed by atoms with E-state index in [1.807, 2.05) is 32.3 Å².